The van der Waals surface area contributed by atoms with Gasteiger partial charge in [0.05, 0.1) is 10.2 Å². The zero-order valence-corrected chi connectivity index (χ0v) is 13.7. The summed E-state index contributed by atoms with van der Waals surface area (Å²) in [5, 5.41) is 8.91. The summed E-state index contributed by atoms with van der Waals surface area (Å²) in [6.07, 6.45) is 0. The third kappa shape index (κ3) is 3.22. The van der Waals surface area contributed by atoms with Crippen LogP contribution < -0.4 is 4.72 Å². The van der Waals surface area contributed by atoms with E-state index in [1.165, 1.54) is 18.2 Å². The van der Waals surface area contributed by atoms with Gasteiger partial charge in [-0.05, 0) is 50.1 Å². The van der Waals surface area contributed by atoms with Crippen LogP contribution >= 0.6 is 31.9 Å². The summed E-state index contributed by atoms with van der Waals surface area (Å²) in [4.78, 5) is -0.176. The highest BCUT2D eigenvalue weighted by Gasteiger charge is 2.22. The Kier molecular flexibility index (Phi) is 4.52. The van der Waals surface area contributed by atoms with Crippen LogP contribution in [0.2, 0.25) is 0 Å². The van der Waals surface area contributed by atoms with Crippen LogP contribution in [0.3, 0.4) is 0 Å². The van der Waals surface area contributed by atoms with Gasteiger partial charge in [-0.1, -0.05) is 0 Å². The van der Waals surface area contributed by atoms with Gasteiger partial charge in [0.25, 0.3) is 10.0 Å². The molecule has 1 aromatic heterocycles. The number of nitrogens with one attached hydrogen (secondary N) is 1. The van der Waals surface area contributed by atoms with Crippen molar-refractivity contribution in [3.8, 4) is 0 Å². The van der Waals surface area contributed by atoms with Gasteiger partial charge in [0.1, 0.15) is 23.1 Å². The van der Waals surface area contributed by atoms with Crippen molar-refractivity contribution in [1.29, 1.82) is 0 Å². The molecule has 9 heteroatoms. The highest BCUT2D eigenvalue weighted by Crippen LogP contribution is 2.28. The first-order chi connectivity index (χ1) is 9.33. The van der Waals surface area contributed by atoms with E-state index in [0.29, 0.717) is 0 Å². The second-order valence-corrected chi connectivity index (χ2v) is 6.97. The van der Waals surface area contributed by atoms with E-state index in [2.05, 4.69) is 36.6 Å². The SMILES string of the molecule is O=S(=O)(Nc1ccc(Br)c(F)c1)c1cc(CO)oc1Br. The van der Waals surface area contributed by atoms with Gasteiger partial charge >= 0.3 is 0 Å². The molecular formula is C11H8Br2FNO4S. The van der Waals surface area contributed by atoms with Gasteiger partial charge in [-0.3, -0.25) is 4.72 Å². The van der Waals surface area contributed by atoms with E-state index in [1.54, 1.807) is 0 Å². The molecule has 0 radical (unpaired) electrons. The van der Waals surface area contributed by atoms with E-state index in [-0.39, 0.29) is 25.5 Å². The number of benzene rings is 1. The Bertz CT molecular complexity index is 745. The number of rotatable bonds is 4. The lowest BCUT2D eigenvalue weighted by atomic mass is 10.3. The molecule has 0 fully saturated rings. The van der Waals surface area contributed by atoms with Crippen molar-refractivity contribution in [2.45, 2.75) is 11.5 Å². The number of aliphatic hydroxyl groups excluding tert-OH is 1. The number of anilines is 1. The van der Waals surface area contributed by atoms with E-state index in [4.69, 9.17) is 9.52 Å². The number of aliphatic hydroxyl groups is 1. The highest BCUT2D eigenvalue weighted by molar-refractivity contribution is 9.10. The summed E-state index contributed by atoms with van der Waals surface area (Å²) in [6.45, 7) is -0.430. The number of sulfonamides is 1. The molecule has 2 rings (SSSR count). The van der Waals surface area contributed by atoms with Gasteiger partial charge in [0.15, 0.2) is 4.67 Å². The molecule has 0 amide bonds. The second kappa shape index (κ2) is 5.84. The van der Waals surface area contributed by atoms with Crippen LogP contribution in [0.25, 0.3) is 0 Å². The van der Waals surface area contributed by atoms with Crippen molar-refractivity contribution >= 4 is 47.6 Å². The molecule has 0 spiro atoms. The fourth-order valence-electron chi connectivity index (χ4n) is 1.43. The predicted molar refractivity (Wildman–Crippen MR) is 77.2 cm³/mol. The van der Waals surface area contributed by atoms with Crippen molar-refractivity contribution in [2.75, 3.05) is 4.72 Å². The Hall–Kier alpha value is -0.900. The maximum absolute atomic E-state index is 13.4. The number of hydrogen-bond acceptors (Lipinski definition) is 4. The largest absolute Gasteiger partial charge is 0.450 e. The zero-order chi connectivity index (χ0) is 14.9. The van der Waals surface area contributed by atoms with Gasteiger partial charge < -0.3 is 9.52 Å². The summed E-state index contributed by atoms with van der Waals surface area (Å²) in [6, 6.07) is 5.02. The first-order valence-corrected chi connectivity index (χ1v) is 8.27. The van der Waals surface area contributed by atoms with E-state index < -0.39 is 22.4 Å². The molecule has 0 unspecified atom stereocenters. The summed E-state index contributed by atoms with van der Waals surface area (Å²) < 4.78 is 45.0. The van der Waals surface area contributed by atoms with Gasteiger partial charge in [-0.2, -0.15) is 0 Å². The van der Waals surface area contributed by atoms with Gasteiger partial charge in [-0.15, -0.1) is 0 Å². The molecule has 0 aliphatic carbocycles. The Morgan fingerprint density at radius 1 is 1.30 bits per heavy atom. The lowest BCUT2D eigenvalue weighted by molar-refractivity contribution is 0.245. The third-order valence-electron chi connectivity index (χ3n) is 2.32. The van der Waals surface area contributed by atoms with Crippen molar-refractivity contribution in [2.24, 2.45) is 0 Å². The topological polar surface area (TPSA) is 79.5 Å². The van der Waals surface area contributed by atoms with Gasteiger partial charge in [-0.25, -0.2) is 12.8 Å². The third-order valence-corrected chi connectivity index (χ3v) is 5.20. The summed E-state index contributed by atoms with van der Waals surface area (Å²) >= 11 is 5.93. The first-order valence-electron chi connectivity index (χ1n) is 5.20. The van der Waals surface area contributed by atoms with Crippen LogP contribution in [0.4, 0.5) is 10.1 Å². The first kappa shape index (κ1) is 15.5. The van der Waals surface area contributed by atoms with Crippen LogP contribution in [0.15, 0.2) is 42.7 Å². The maximum Gasteiger partial charge on any atom is 0.266 e. The molecule has 5 nitrogen and oxygen atoms in total. The molecule has 1 heterocycles. The molecule has 108 valence electrons. The molecule has 2 N–H and O–H groups in total. The van der Waals surface area contributed by atoms with Crippen molar-refractivity contribution in [3.05, 3.63) is 45.0 Å². The molecule has 1 aromatic carbocycles. The normalized spacial score (nSPS) is 11.6. The van der Waals surface area contributed by atoms with Gasteiger partial charge in [0, 0.05) is 6.07 Å². The molecule has 0 saturated carbocycles. The smallest absolute Gasteiger partial charge is 0.266 e. The van der Waals surface area contributed by atoms with Crippen LogP contribution in [-0.4, -0.2) is 13.5 Å². The highest BCUT2D eigenvalue weighted by atomic mass is 79.9. The van der Waals surface area contributed by atoms with Crippen LogP contribution in [-0.2, 0) is 16.6 Å². The number of furan rings is 1. The minimum Gasteiger partial charge on any atom is -0.450 e. The Labute approximate surface area is 131 Å². The van der Waals surface area contributed by atoms with Gasteiger partial charge in [0.2, 0.25) is 0 Å². The quantitative estimate of drug-likeness (QED) is 0.783. The van der Waals surface area contributed by atoms with Crippen LogP contribution in [0.5, 0.6) is 0 Å². The standard InChI is InChI=1S/C11H8Br2FNO4S/c12-8-2-1-6(3-9(8)14)15-20(17,18)10-4-7(5-16)19-11(10)13/h1-4,15-16H,5H2. The minimum absolute atomic E-state index is 0.0355. The minimum atomic E-state index is -3.95. The predicted octanol–water partition coefficient (Wildman–Crippen LogP) is 3.24. The molecule has 0 aliphatic rings. The fourth-order valence-corrected chi connectivity index (χ4v) is 3.72. The number of halogens is 3. The summed E-state index contributed by atoms with van der Waals surface area (Å²) in [5.74, 6) is -0.494. The van der Waals surface area contributed by atoms with Crippen molar-refractivity contribution < 1.29 is 22.3 Å². The second-order valence-electron chi connectivity index (χ2n) is 3.74. The van der Waals surface area contributed by atoms with E-state index >= 15 is 0 Å². The molecule has 0 aliphatic heterocycles. The van der Waals surface area contributed by atoms with Crippen LogP contribution in [0, 0.1) is 5.82 Å². The average molecular weight is 429 g/mol. The van der Waals surface area contributed by atoms with E-state index in [0.717, 1.165) is 6.07 Å². The lowest BCUT2D eigenvalue weighted by Crippen LogP contribution is -2.12. The molecule has 0 saturated heterocycles. The van der Waals surface area contributed by atoms with E-state index in [1.807, 2.05) is 0 Å². The Morgan fingerprint density at radius 3 is 2.55 bits per heavy atom. The molecule has 0 atom stereocenters. The fraction of sp³-hybridized carbons (Fsp3) is 0.0909. The average Bonchev–Trinajstić information content (AvgIpc) is 2.76. The maximum atomic E-state index is 13.4. The van der Waals surface area contributed by atoms with E-state index in [9.17, 15) is 12.8 Å². The monoisotopic (exact) mass is 427 g/mol. The molecule has 0 bridgehead atoms. The molecular weight excluding hydrogens is 421 g/mol. The van der Waals surface area contributed by atoms with Crippen molar-refractivity contribution in [1.82, 2.24) is 0 Å². The zero-order valence-electron chi connectivity index (χ0n) is 9.73. The molecule has 2 aromatic rings. The Balaban J connectivity index is 2.35. The molecule has 20 heavy (non-hydrogen) atoms. The number of hydrogen-bond donors (Lipinski definition) is 2. The summed E-state index contributed by atoms with van der Waals surface area (Å²) in [5.41, 5.74) is 0.0735. The van der Waals surface area contributed by atoms with Crippen LogP contribution in [0.1, 0.15) is 5.76 Å². The Morgan fingerprint density at radius 2 is 2.00 bits per heavy atom. The summed E-state index contributed by atoms with van der Waals surface area (Å²) in [7, 11) is -3.95. The van der Waals surface area contributed by atoms with Crippen molar-refractivity contribution in [3.63, 3.8) is 0 Å². The lowest BCUT2D eigenvalue weighted by Gasteiger charge is -2.07.